The maximum absolute atomic E-state index is 13.4. The third-order valence-corrected chi connectivity index (χ3v) is 2.15. The molecule has 4 nitrogen and oxygen atoms in total. The van der Waals surface area contributed by atoms with E-state index < -0.39 is 5.82 Å². The van der Waals surface area contributed by atoms with Crippen molar-refractivity contribution in [2.75, 3.05) is 5.73 Å². The molecule has 2 N–H and O–H groups in total. The van der Waals surface area contributed by atoms with Crippen LogP contribution >= 0.6 is 11.6 Å². The maximum atomic E-state index is 13.4. The van der Waals surface area contributed by atoms with Crippen LogP contribution < -0.4 is 5.73 Å². The van der Waals surface area contributed by atoms with Crippen molar-refractivity contribution in [1.82, 2.24) is 4.98 Å². The lowest BCUT2D eigenvalue weighted by Crippen LogP contribution is -1.85. The van der Waals surface area contributed by atoms with Crippen molar-refractivity contribution < 1.29 is 8.81 Å². The van der Waals surface area contributed by atoms with Crippen LogP contribution in [0.2, 0.25) is 5.02 Å². The van der Waals surface area contributed by atoms with Gasteiger partial charge in [-0.1, -0.05) is 11.6 Å². The standard InChI is InChI=1S/C10H5ClFN3O/c11-5-1-2-7(12)6(3-5)10-15-8(4-13)9(14)16-10/h1-3H,14H2. The van der Waals surface area contributed by atoms with Gasteiger partial charge in [0, 0.05) is 5.02 Å². The summed E-state index contributed by atoms with van der Waals surface area (Å²) in [6, 6.07) is 5.67. The van der Waals surface area contributed by atoms with E-state index in [-0.39, 0.29) is 23.0 Å². The van der Waals surface area contributed by atoms with Crippen LogP contribution in [0, 0.1) is 17.1 Å². The highest BCUT2D eigenvalue weighted by Gasteiger charge is 2.15. The Kier molecular flexibility index (Phi) is 2.50. The number of aromatic nitrogens is 1. The second kappa shape index (κ2) is 3.83. The lowest BCUT2D eigenvalue weighted by Gasteiger charge is -1.97. The zero-order valence-corrected chi connectivity index (χ0v) is 8.62. The molecular formula is C10H5ClFN3O. The topological polar surface area (TPSA) is 75.8 Å². The molecule has 1 aromatic carbocycles. The molecule has 80 valence electrons. The van der Waals surface area contributed by atoms with Gasteiger partial charge in [0.1, 0.15) is 11.9 Å². The van der Waals surface area contributed by atoms with Gasteiger partial charge in [0.2, 0.25) is 17.5 Å². The minimum Gasteiger partial charge on any atom is -0.419 e. The average Bonchev–Trinajstić information content (AvgIpc) is 2.63. The number of hydrogen-bond acceptors (Lipinski definition) is 4. The van der Waals surface area contributed by atoms with Crippen molar-refractivity contribution in [3.8, 4) is 17.5 Å². The van der Waals surface area contributed by atoms with E-state index in [2.05, 4.69) is 4.98 Å². The molecule has 0 bridgehead atoms. The van der Waals surface area contributed by atoms with Crippen molar-refractivity contribution >= 4 is 17.5 Å². The number of rotatable bonds is 1. The van der Waals surface area contributed by atoms with Gasteiger partial charge in [0.05, 0.1) is 5.56 Å². The van der Waals surface area contributed by atoms with Crippen molar-refractivity contribution in [2.45, 2.75) is 0 Å². The number of nitrogens with zero attached hydrogens (tertiary/aromatic N) is 2. The summed E-state index contributed by atoms with van der Waals surface area (Å²) in [5, 5.41) is 8.97. The summed E-state index contributed by atoms with van der Waals surface area (Å²) >= 11 is 5.71. The number of hydrogen-bond donors (Lipinski definition) is 1. The Labute approximate surface area is 95.1 Å². The summed E-state index contributed by atoms with van der Waals surface area (Å²) in [6.45, 7) is 0. The van der Waals surface area contributed by atoms with Crippen LogP contribution in [0.25, 0.3) is 11.5 Å². The van der Waals surface area contributed by atoms with Gasteiger partial charge >= 0.3 is 0 Å². The largest absolute Gasteiger partial charge is 0.419 e. The molecule has 0 aliphatic heterocycles. The van der Waals surface area contributed by atoms with Gasteiger partial charge in [-0.05, 0) is 18.2 Å². The van der Waals surface area contributed by atoms with Crippen LogP contribution in [0.5, 0.6) is 0 Å². The second-order valence-electron chi connectivity index (χ2n) is 2.97. The lowest BCUT2D eigenvalue weighted by molar-refractivity contribution is 0.577. The first-order valence-corrected chi connectivity index (χ1v) is 4.61. The van der Waals surface area contributed by atoms with Crippen LogP contribution in [0.3, 0.4) is 0 Å². The molecule has 0 spiro atoms. The molecule has 0 amide bonds. The number of benzene rings is 1. The summed E-state index contributed by atoms with van der Waals surface area (Å²) in [6.07, 6.45) is 0. The molecular weight excluding hydrogens is 233 g/mol. The van der Waals surface area contributed by atoms with Gasteiger partial charge in [-0.15, -0.1) is 0 Å². The summed E-state index contributed by atoms with van der Waals surface area (Å²) in [4.78, 5) is 3.75. The third-order valence-electron chi connectivity index (χ3n) is 1.92. The van der Waals surface area contributed by atoms with E-state index in [4.69, 9.17) is 27.0 Å². The molecule has 1 aromatic heterocycles. The predicted molar refractivity (Wildman–Crippen MR) is 56.0 cm³/mol. The lowest BCUT2D eigenvalue weighted by atomic mass is 10.2. The summed E-state index contributed by atoms with van der Waals surface area (Å²) < 4.78 is 18.4. The highest BCUT2D eigenvalue weighted by molar-refractivity contribution is 6.30. The quantitative estimate of drug-likeness (QED) is 0.827. The Morgan fingerprint density at radius 2 is 2.25 bits per heavy atom. The van der Waals surface area contributed by atoms with Gasteiger partial charge in [0.15, 0.2) is 0 Å². The number of anilines is 1. The molecule has 1 heterocycles. The van der Waals surface area contributed by atoms with E-state index in [9.17, 15) is 4.39 Å². The van der Waals surface area contributed by atoms with E-state index >= 15 is 0 Å². The van der Waals surface area contributed by atoms with E-state index in [0.29, 0.717) is 5.02 Å². The molecule has 0 saturated heterocycles. The first kappa shape index (κ1) is 10.5. The molecule has 6 heteroatoms. The zero-order chi connectivity index (χ0) is 11.7. The molecule has 0 saturated carbocycles. The molecule has 16 heavy (non-hydrogen) atoms. The van der Waals surface area contributed by atoms with Crippen LogP contribution in [0.4, 0.5) is 10.3 Å². The number of halogens is 2. The minimum absolute atomic E-state index is 0.0611. The molecule has 0 unspecified atom stereocenters. The van der Waals surface area contributed by atoms with Crippen molar-refractivity contribution in [2.24, 2.45) is 0 Å². The fourth-order valence-corrected chi connectivity index (χ4v) is 1.36. The predicted octanol–water partition coefficient (Wildman–Crippen LogP) is 2.59. The number of nitriles is 1. The van der Waals surface area contributed by atoms with Crippen LogP contribution in [-0.4, -0.2) is 4.98 Å². The Bertz CT molecular complexity index is 588. The Balaban J connectivity index is 2.59. The SMILES string of the molecule is N#Cc1nc(-c2cc(Cl)ccc2F)oc1N. The van der Waals surface area contributed by atoms with Gasteiger partial charge in [-0.25, -0.2) is 4.39 Å². The third kappa shape index (κ3) is 1.71. The van der Waals surface area contributed by atoms with E-state index in [1.165, 1.54) is 18.2 Å². The molecule has 0 aliphatic carbocycles. The molecule has 2 aromatic rings. The highest BCUT2D eigenvalue weighted by Crippen LogP contribution is 2.27. The second-order valence-corrected chi connectivity index (χ2v) is 3.40. The monoisotopic (exact) mass is 237 g/mol. The van der Waals surface area contributed by atoms with Crippen LogP contribution in [-0.2, 0) is 0 Å². The summed E-state index contributed by atoms with van der Waals surface area (Å²) in [5.41, 5.74) is 5.37. The molecule has 2 rings (SSSR count). The summed E-state index contributed by atoms with van der Waals surface area (Å²) in [5.74, 6) is -0.749. The molecule has 0 radical (unpaired) electrons. The maximum Gasteiger partial charge on any atom is 0.233 e. The molecule has 0 aliphatic rings. The van der Waals surface area contributed by atoms with Crippen LogP contribution in [0.15, 0.2) is 22.6 Å². The fourth-order valence-electron chi connectivity index (χ4n) is 1.19. The molecule has 0 fully saturated rings. The first-order valence-electron chi connectivity index (χ1n) is 4.23. The molecule has 0 atom stereocenters. The smallest absolute Gasteiger partial charge is 0.233 e. The van der Waals surface area contributed by atoms with Crippen molar-refractivity contribution in [3.05, 3.63) is 34.7 Å². The number of nitrogens with two attached hydrogens (primary N) is 1. The van der Waals surface area contributed by atoms with E-state index in [0.717, 1.165) is 0 Å². The Morgan fingerprint density at radius 3 is 2.88 bits per heavy atom. The highest BCUT2D eigenvalue weighted by atomic mass is 35.5. The number of nitrogen functional groups attached to an aromatic ring is 1. The first-order chi connectivity index (χ1) is 7.61. The Morgan fingerprint density at radius 1 is 1.50 bits per heavy atom. The van der Waals surface area contributed by atoms with Gasteiger partial charge in [-0.3, -0.25) is 0 Å². The van der Waals surface area contributed by atoms with E-state index in [1.807, 2.05) is 0 Å². The summed E-state index contributed by atoms with van der Waals surface area (Å²) in [7, 11) is 0. The van der Waals surface area contributed by atoms with Crippen LogP contribution in [0.1, 0.15) is 5.69 Å². The number of oxazole rings is 1. The van der Waals surface area contributed by atoms with Gasteiger partial charge in [-0.2, -0.15) is 10.2 Å². The average molecular weight is 238 g/mol. The Hall–Kier alpha value is -2.06. The van der Waals surface area contributed by atoms with Crippen molar-refractivity contribution in [1.29, 1.82) is 5.26 Å². The van der Waals surface area contributed by atoms with Crippen molar-refractivity contribution in [3.63, 3.8) is 0 Å². The zero-order valence-electron chi connectivity index (χ0n) is 7.87. The minimum atomic E-state index is -0.546. The van der Waals surface area contributed by atoms with E-state index in [1.54, 1.807) is 6.07 Å². The van der Waals surface area contributed by atoms with Gasteiger partial charge in [0.25, 0.3) is 0 Å². The van der Waals surface area contributed by atoms with Gasteiger partial charge < -0.3 is 10.2 Å². The normalized spacial score (nSPS) is 10.1. The fraction of sp³-hybridized carbons (Fsp3) is 0.